The summed E-state index contributed by atoms with van der Waals surface area (Å²) in [6.07, 6.45) is 1.58. The summed E-state index contributed by atoms with van der Waals surface area (Å²) in [6, 6.07) is 28.0. The summed E-state index contributed by atoms with van der Waals surface area (Å²) in [7, 11) is 4.62. The minimum Gasteiger partial charge on any atom is -0.497 e. The van der Waals surface area contributed by atoms with Crippen LogP contribution in [0.25, 0.3) is 6.08 Å². The van der Waals surface area contributed by atoms with Gasteiger partial charge in [-0.25, -0.2) is 0 Å². The van der Waals surface area contributed by atoms with Gasteiger partial charge in [-0.3, -0.25) is 14.4 Å². The number of ether oxygens (including phenoxy) is 3. The Balaban J connectivity index is 1.46. The van der Waals surface area contributed by atoms with Crippen LogP contribution in [0.1, 0.15) is 15.9 Å². The molecule has 4 rings (SSSR count). The molecule has 4 aromatic carbocycles. The highest BCUT2D eigenvalue weighted by atomic mass is 32.2. The van der Waals surface area contributed by atoms with Crippen molar-refractivity contribution in [3.8, 4) is 17.2 Å². The third kappa shape index (κ3) is 8.88. The molecule has 0 radical (unpaired) electrons. The number of carbonyl (C=O) groups excluding carboxylic acids is 3. The molecule has 0 aliphatic carbocycles. The topological polar surface area (TPSA) is 115 Å². The highest BCUT2D eigenvalue weighted by Crippen LogP contribution is 2.29. The van der Waals surface area contributed by atoms with Crippen molar-refractivity contribution in [3.63, 3.8) is 0 Å². The zero-order valence-electron chi connectivity index (χ0n) is 23.9. The average Bonchev–Trinajstić information content (AvgIpc) is 3.04. The Labute approximate surface area is 254 Å². The number of rotatable bonds is 12. The van der Waals surface area contributed by atoms with Crippen LogP contribution in [0.2, 0.25) is 0 Å². The molecule has 4 aromatic rings. The largest absolute Gasteiger partial charge is 0.497 e. The highest BCUT2D eigenvalue weighted by molar-refractivity contribution is 8.00. The van der Waals surface area contributed by atoms with Crippen molar-refractivity contribution >= 4 is 46.9 Å². The lowest BCUT2D eigenvalue weighted by molar-refractivity contribution is -0.114. The number of amides is 3. The van der Waals surface area contributed by atoms with Crippen LogP contribution in [0.5, 0.6) is 17.2 Å². The SMILES string of the molecule is COc1cccc(/C=C(\NC(=O)c2ccccc2)C(=O)Nc2cccc(SCC(=O)Nc3cc(OC)ccc3OC)c2)c1. The molecule has 0 aromatic heterocycles. The molecule has 43 heavy (non-hydrogen) atoms. The van der Waals surface area contributed by atoms with Crippen LogP contribution in [-0.4, -0.2) is 44.8 Å². The number of hydrogen-bond acceptors (Lipinski definition) is 7. The van der Waals surface area contributed by atoms with Gasteiger partial charge in [-0.05, 0) is 66.2 Å². The van der Waals surface area contributed by atoms with Crippen molar-refractivity contribution in [2.45, 2.75) is 4.90 Å². The fraction of sp³-hybridized carbons (Fsp3) is 0.121. The zero-order valence-corrected chi connectivity index (χ0v) is 24.7. The van der Waals surface area contributed by atoms with Crippen molar-refractivity contribution in [2.24, 2.45) is 0 Å². The molecular weight excluding hydrogens is 566 g/mol. The Morgan fingerprint density at radius 3 is 2.23 bits per heavy atom. The summed E-state index contributed by atoms with van der Waals surface area (Å²) in [4.78, 5) is 39.8. The third-order valence-electron chi connectivity index (χ3n) is 6.08. The van der Waals surface area contributed by atoms with Gasteiger partial charge in [0.25, 0.3) is 11.8 Å². The first-order valence-corrected chi connectivity index (χ1v) is 14.2. The average molecular weight is 598 g/mol. The number of methoxy groups -OCH3 is 3. The predicted octanol–water partition coefficient (Wildman–Crippen LogP) is 5.85. The monoisotopic (exact) mass is 597 g/mol. The second-order valence-electron chi connectivity index (χ2n) is 9.04. The van der Waals surface area contributed by atoms with E-state index in [1.54, 1.807) is 111 Å². The Morgan fingerprint density at radius 2 is 1.49 bits per heavy atom. The first-order valence-electron chi connectivity index (χ1n) is 13.2. The molecule has 0 saturated carbocycles. The van der Waals surface area contributed by atoms with E-state index in [1.165, 1.54) is 18.9 Å². The quantitative estimate of drug-likeness (QED) is 0.139. The fourth-order valence-corrected chi connectivity index (χ4v) is 4.70. The van der Waals surface area contributed by atoms with Crippen molar-refractivity contribution < 1.29 is 28.6 Å². The number of carbonyl (C=O) groups is 3. The molecule has 0 aliphatic rings. The van der Waals surface area contributed by atoms with Gasteiger partial charge in [0.2, 0.25) is 5.91 Å². The molecule has 0 fully saturated rings. The number of thioether (sulfide) groups is 1. The molecule has 0 aliphatic heterocycles. The van der Waals surface area contributed by atoms with Gasteiger partial charge in [0.15, 0.2) is 0 Å². The Bertz CT molecular complexity index is 1620. The predicted molar refractivity (Wildman–Crippen MR) is 169 cm³/mol. The highest BCUT2D eigenvalue weighted by Gasteiger charge is 2.16. The first kappa shape index (κ1) is 30.7. The lowest BCUT2D eigenvalue weighted by Gasteiger charge is -2.13. The number of anilines is 2. The van der Waals surface area contributed by atoms with E-state index >= 15 is 0 Å². The van der Waals surface area contributed by atoms with Gasteiger partial charge in [0.1, 0.15) is 22.9 Å². The van der Waals surface area contributed by atoms with Crippen LogP contribution in [-0.2, 0) is 9.59 Å². The van der Waals surface area contributed by atoms with Gasteiger partial charge in [0, 0.05) is 22.2 Å². The van der Waals surface area contributed by atoms with E-state index in [-0.39, 0.29) is 17.4 Å². The van der Waals surface area contributed by atoms with E-state index < -0.39 is 11.8 Å². The van der Waals surface area contributed by atoms with Crippen molar-refractivity contribution in [2.75, 3.05) is 37.7 Å². The van der Waals surface area contributed by atoms with Gasteiger partial charge in [-0.2, -0.15) is 0 Å². The Kier molecular flexibility index (Phi) is 10.8. The number of hydrogen-bond donors (Lipinski definition) is 3. The van der Waals surface area contributed by atoms with Crippen LogP contribution in [0, 0.1) is 0 Å². The molecule has 9 nitrogen and oxygen atoms in total. The number of benzene rings is 4. The maximum absolute atomic E-state index is 13.4. The third-order valence-corrected chi connectivity index (χ3v) is 7.07. The molecule has 0 unspecified atom stereocenters. The molecule has 0 heterocycles. The van der Waals surface area contributed by atoms with E-state index in [0.29, 0.717) is 39.8 Å². The maximum atomic E-state index is 13.4. The van der Waals surface area contributed by atoms with Crippen molar-refractivity contribution in [3.05, 3.63) is 114 Å². The summed E-state index contributed by atoms with van der Waals surface area (Å²) in [5.74, 6) is 0.656. The molecule has 3 amide bonds. The van der Waals surface area contributed by atoms with Crippen LogP contribution in [0.3, 0.4) is 0 Å². The molecule has 0 saturated heterocycles. The first-order chi connectivity index (χ1) is 20.9. The van der Waals surface area contributed by atoms with E-state index in [0.717, 1.165) is 4.90 Å². The summed E-state index contributed by atoms with van der Waals surface area (Å²) in [5.41, 5.74) is 2.12. The summed E-state index contributed by atoms with van der Waals surface area (Å²) < 4.78 is 15.9. The van der Waals surface area contributed by atoms with E-state index in [4.69, 9.17) is 14.2 Å². The lowest BCUT2D eigenvalue weighted by atomic mass is 10.1. The van der Waals surface area contributed by atoms with Crippen LogP contribution in [0.4, 0.5) is 11.4 Å². The standard InChI is InChI=1S/C33H31N3O6S/c1-40-25-13-7-9-22(17-25)18-29(36-32(38)23-10-5-4-6-11-23)33(39)34-24-12-8-14-27(19-24)43-21-31(37)35-28-20-26(41-2)15-16-30(28)42-3/h4-20H,21H2,1-3H3,(H,34,39)(H,35,37)(H,36,38)/b29-18-. The molecule has 10 heteroatoms. The Morgan fingerprint density at radius 1 is 0.744 bits per heavy atom. The van der Waals surface area contributed by atoms with Gasteiger partial charge in [0.05, 0.1) is 32.8 Å². The van der Waals surface area contributed by atoms with Gasteiger partial charge >= 0.3 is 0 Å². The van der Waals surface area contributed by atoms with Gasteiger partial charge in [-0.15, -0.1) is 11.8 Å². The van der Waals surface area contributed by atoms with E-state index in [2.05, 4.69) is 16.0 Å². The molecule has 0 spiro atoms. The van der Waals surface area contributed by atoms with Crippen LogP contribution < -0.4 is 30.2 Å². The normalized spacial score (nSPS) is 10.8. The van der Waals surface area contributed by atoms with Crippen LogP contribution in [0.15, 0.2) is 108 Å². The fourth-order valence-electron chi connectivity index (χ4n) is 3.95. The molecule has 0 atom stereocenters. The molecule has 0 bridgehead atoms. The smallest absolute Gasteiger partial charge is 0.272 e. The van der Waals surface area contributed by atoms with Crippen molar-refractivity contribution in [1.82, 2.24) is 5.32 Å². The minimum atomic E-state index is -0.517. The minimum absolute atomic E-state index is 0.0479. The second-order valence-corrected chi connectivity index (χ2v) is 10.1. The van der Waals surface area contributed by atoms with Crippen molar-refractivity contribution in [1.29, 1.82) is 0 Å². The Hall–Kier alpha value is -5.22. The van der Waals surface area contributed by atoms with Gasteiger partial charge in [-0.1, -0.05) is 36.4 Å². The molecule has 3 N–H and O–H groups in total. The lowest BCUT2D eigenvalue weighted by Crippen LogP contribution is -2.30. The maximum Gasteiger partial charge on any atom is 0.272 e. The summed E-state index contributed by atoms with van der Waals surface area (Å²) in [5, 5.41) is 8.41. The summed E-state index contributed by atoms with van der Waals surface area (Å²) in [6.45, 7) is 0. The second kappa shape index (κ2) is 15.1. The van der Waals surface area contributed by atoms with Gasteiger partial charge < -0.3 is 30.2 Å². The number of nitrogens with one attached hydrogen (secondary N) is 3. The van der Waals surface area contributed by atoms with Crippen LogP contribution >= 0.6 is 11.8 Å². The molecular formula is C33H31N3O6S. The van der Waals surface area contributed by atoms with E-state index in [9.17, 15) is 14.4 Å². The van der Waals surface area contributed by atoms with E-state index in [1.807, 2.05) is 6.07 Å². The molecule has 220 valence electrons. The zero-order chi connectivity index (χ0) is 30.6. The summed E-state index contributed by atoms with van der Waals surface area (Å²) >= 11 is 1.30.